The predicted molar refractivity (Wildman–Crippen MR) is 101 cm³/mol. The summed E-state index contributed by atoms with van der Waals surface area (Å²) in [5, 5.41) is 8.36. The van der Waals surface area contributed by atoms with Gasteiger partial charge in [-0.15, -0.1) is 10.2 Å². The third kappa shape index (κ3) is 3.77. The average molecular weight is 396 g/mol. The standard InChI is InChI=1S/C19H14ClN5O3/c1-27-18-4-2-3-13(23-18)6-17(26)16-7-15(10-25-11-22-24-19(16)25)28-14-5-12(20)8-21-9-14/h2-5,7-11H,6H2,1H3. The first-order chi connectivity index (χ1) is 13.6. The Morgan fingerprint density at radius 1 is 1.21 bits per heavy atom. The minimum atomic E-state index is -0.173. The van der Waals surface area contributed by atoms with Gasteiger partial charge in [0.05, 0.1) is 42.2 Å². The SMILES string of the molecule is COc1cccc(CC(=O)c2cc(Oc3cncc(Cl)c3)cn3cnnc23)n1. The molecule has 0 bridgehead atoms. The van der Waals surface area contributed by atoms with Crippen LogP contribution >= 0.6 is 11.6 Å². The molecule has 0 saturated carbocycles. The first-order valence-corrected chi connectivity index (χ1v) is 8.65. The molecule has 28 heavy (non-hydrogen) atoms. The number of methoxy groups -OCH3 is 1. The second kappa shape index (κ2) is 7.61. The zero-order valence-corrected chi connectivity index (χ0v) is 15.5. The van der Waals surface area contributed by atoms with Crippen molar-refractivity contribution in [2.45, 2.75) is 6.42 Å². The van der Waals surface area contributed by atoms with Gasteiger partial charge in [0.25, 0.3) is 0 Å². The van der Waals surface area contributed by atoms with E-state index in [1.165, 1.54) is 25.8 Å². The fourth-order valence-electron chi connectivity index (χ4n) is 2.69. The maximum atomic E-state index is 12.9. The number of aromatic nitrogens is 5. The molecule has 0 saturated heterocycles. The molecule has 0 aromatic carbocycles. The molecule has 0 fully saturated rings. The monoisotopic (exact) mass is 395 g/mol. The van der Waals surface area contributed by atoms with Crippen LogP contribution in [0, 0.1) is 0 Å². The molecule has 0 spiro atoms. The Kier molecular flexibility index (Phi) is 4.86. The van der Waals surface area contributed by atoms with Gasteiger partial charge in [-0.3, -0.25) is 14.2 Å². The van der Waals surface area contributed by atoms with Crippen LogP contribution in [0.1, 0.15) is 16.1 Å². The van der Waals surface area contributed by atoms with E-state index in [1.807, 2.05) is 0 Å². The van der Waals surface area contributed by atoms with Crippen LogP contribution in [0.4, 0.5) is 0 Å². The summed E-state index contributed by atoms with van der Waals surface area (Å²) in [5.74, 6) is 1.16. The molecule has 0 aliphatic carbocycles. The lowest BCUT2D eigenvalue weighted by Gasteiger charge is -2.09. The molecule has 4 rings (SSSR count). The van der Waals surface area contributed by atoms with Crippen LogP contribution < -0.4 is 9.47 Å². The van der Waals surface area contributed by atoms with Crippen LogP contribution in [-0.4, -0.2) is 37.5 Å². The Hall–Kier alpha value is -3.52. The first kappa shape index (κ1) is 17.9. The second-order valence-corrected chi connectivity index (χ2v) is 6.30. The highest BCUT2D eigenvalue weighted by atomic mass is 35.5. The lowest BCUT2D eigenvalue weighted by Crippen LogP contribution is -2.08. The van der Waals surface area contributed by atoms with Gasteiger partial charge in [0.2, 0.25) is 5.88 Å². The van der Waals surface area contributed by atoms with Gasteiger partial charge in [0.15, 0.2) is 11.4 Å². The second-order valence-electron chi connectivity index (χ2n) is 5.86. The lowest BCUT2D eigenvalue weighted by atomic mass is 10.1. The molecule has 0 N–H and O–H groups in total. The Labute approximate surface area is 164 Å². The maximum absolute atomic E-state index is 12.9. The number of hydrogen-bond donors (Lipinski definition) is 0. The highest BCUT2D eigenvalue weighted by molar-refractivity contribution is 6.30. The minimum Gasteiger partial charge on any atom is -0.481 e. The summed E-state index contributed by atoms with van der Waals surface area (Å²) in [6, 6.07) is 8.52. The highest BCUT2D eigenvalue weighted by Gasteiger charge is 2.17. The van der Waals surface area contributed by atoms with E-state index in [2.05, 4.69) is 20.2 Å². The Morgan fingerprint density at radius 3 is 2.93 bits per heavy atom. The zero-order valence-electron chi connectivity index (χ0n) is 14.7. The van der Waals surface area contributed by atoms with Gasteiger partial charge in [-0.25, -0.2) is 4.98 Å². The maximum Gasteiger partial charge on any atom is 0.213 e. The molecule has 0 aliphatic rings. The summed E-state index contributed by atoms with van der Waals surface area (Å²) in [6.45, 7) is 0. The van der Waals surface area contributed by atoms with Gasteiger partial charge in [0, 0.05) is 18.3 Å². The number of ketones is 1. The molecule has 9 heteroatoms. The predicted octanol–water partition coefficient (Wildman–Crippen LogP) is 3.40. The molecule has 0 atom stereocenters. The van der Waals surface area contributed by atoms with Crippen LogP contribution in [0.5, 0.6) is 17.4 Å². The number of halogens is 1. The van der Waals surface area contributed by atoms with Crippen molar-refractivity contribution in [2.24, 2.45) is 0 Å². The summed E-state index contributed by atoms with van der Waals surface area (Å²) in [7, 11) is 1.53. The van der Waals surface area contributed by atoms with Gasteiger partial charge in [-0.05, 0) is 12.1 Å². The van der Waals surface area contributed by atoms with E-state index in [0.717, 1.165) is 0 Å². The van der Waals surface area contributed by atoms with E-state index in [-0.39, 0.29) is 12.2 Å². The van der Waals surface area contributed by atoms with Crippen LogP contribution in [0.2, 0.25) is 5.02 Å². The molecule has 4 aromatic rings. The molecule has 140 valence electrons. The summed E-state index contributed by atoms with van der Waals surface area (Å²) in [4.78, 5) is 21.2. The normalized spacial score (nSPS) is 10.8. The minimum absolute atomic E-state index is 0.0852. The topological polar surface area (TPSA) is 91.5 Å². The quantitative estimate of drug-likeness (QED) is 0.462. The van der Waals surface area contributed by atoms with E-state index in [4.69, 9.17) is 21.1 Å². The lowest BCUT2D eigenvalue weighted by molar-refractivity contribution is 0.0992. The van der Waals surface area contributed by atoms with Gasteiger partial charge >= 0.3 is 0 Å². The number of ether oxygens (including phenoxy) is 2. The van der Waals surface area contributed by atoms with Gasteiger partial charge in [-0.1, -0.05) is 17.7 Å². The van der Waals surface area contributed by atoms with Crippen molar-refractivity contribution < 1.29 is 14.3 Å². The molecule has 4 aromatic heterocycles. The zero-order chi connectivity index (χ0) is 19.5. The number of carbonyl (C=O) groups is 1. The number of Topliss-reactive ketones (excluding diaryl/α,β-unsaturated/α-hetero) is 1. The molecule has 0 aliphatic heterocycles. The van der Waals surface area contributed by atoms with Crippen LogP contribution in [0.15, 0.2) is 55.2 Å². The molecule has 0 amide bonds. The van der Waals surface area contributed by atoms with Crippen LogP contribution in [0.25, 0.3) is 5.65 Å². The van der Waals surface area contributed by atoms with Crippen molar-refractivity contribution in [1.29, 1.82) is 0 Å². The molecular formula is C19H14ClN5O3. The smallest absolute Gasteiger partial charge is 0.213 e. The summed E-state index contributed by atoms with van der Waals surface area (Å²) in [6.07, 6.45) is 6.30. The summed E-state index contributed by atoms with van der Waals surface area (Å²) in [5.41, 5.74) is 1.39. The fraction of sp³-hybridized carbons (Fsp3) is 0.105. The van der Waals surface area contributed by atoms with Gasteiger partial charge in [0.1, 0.15) is 17.8 Å². The van der Waals surface area contributed by atoms with E-state index in [9.17, 15) is 4.79 Å². The molecule has 4 heterocycles. The molecular weight excluding hydrogens is 382 g/mol. The molecule has 8 nitrogen and oxygen atoms in total. The Balaban J connectivity index is 1.67. The molecule has 0 unspecified atom stereocenters. The average Bonchev–Trinajstić information content (AvgIpc) is 3.16. The third-order valence-corrected chi connectivity index (χ3v) is 4.12. The highest BCUT2D eigenvalue weighted by Crippen LogP contribution is 2.26. The first-order valence-electron chi connectivity index (χ1n) is 8.27. The number of rotatable bonds is 6. The van der Waals surface area contributed by atoms with Crippen molar-refractivity contribution in [3.63, 3.8) is 0 Å². The van der Waals surface area contributed by atoms with Crippen LogP contribution in [0.3, 0.4) is 0 Å². The number of fused-ring (bicyclic) bond motifs is 1. The van der Waals surface area contributed by atoms with Crippen LogP contribution in [-0.2, 0) is 6.42 Å². The Morgan fingerprint density at radius 2 is 2.11 bits per heavy atom. The number of hydrogen-bond acceptors (Lipinski definition) is 7. The number of pyridine rings is 3. The van der Waals surface area contributed by atoms with E-state index in [1.54, 1.807) is 40.9 Å². The van der Waals surface area contributed by atoms with Gasteiger partial charge in [-0.2, -0.15) is 0 Å². The Bertz CT molecular complexity index is 1160. The van der Waals surface area contributed by atoms with Crippen molar-refractivity contribution in [3.8, 4) is 17.4 Å². The number of carbonyl (C=O) groups excluding carboxylic acids is 1. The molecule has 0 radical (unpaired) electrons. The third-order valence-electron chi connectivity index (χ3n) is 3.91. The van der Waals surface area contributed by atoms with Crippen molar-refractivity contribution in [3.05, 3.63) is 71.5 Å². The number of nitrogens with zero attached hydrogens (tertiary/aromatic N) is 5. The van der Waals surface area contributed by atoms with E-state index >= 15 is 0 Å². The summed E-state index contributed by atoms with van der Waals surface area (Å²) < 4.78 is 12.5. The fourth-order valence-corrected chi connectivity index (χ4v) is 2.85. The van der Waals surface area contributed by atoms with E-state index in [0.29, 0.717) is 39.3 Å². The largest absolute Gasteiger partial charge is 0.481 e. The van der Waals surface area contributed by atoms with Gasteiger partial charge < -0.3 is 9.47 Å². The van der Waals surface area contributed by atoms with Crippen molar-refractivity contribution in [1.82, 2.24) is 24.6 Å². The van der Waals surface area contributed by atoms with Crippen molar-refractivity contribution >= 4 is 23.0 Å². The van der Waals surface area contributed by atoms with Crippen molar-refractivity contribution in [2.75, 3.05) is 7.11 Å². The summed E-state index contributed by atoms with van der Waals surface area (Å²) >= 11 is 5.95. The van der Waals surface area contributed by atoms with E-state index < -0.39 is 0 Å².